The highest BCUT2D eigenvalue weighted by molar-refractivity contribution is 6.30. The molecule has 19 heavy (non-hydrogen) atoms. The molecule has 98 valence electrons. The van der Waals surface area contributed by atoms with Crippen LogP contribution in [0.2, 0.25) is 5.02 Å². The van der Waals surface area contributed by atoms with Crippen molar-refractivity contribution in [1.82, 2.24) is 9.47 Å². The Balaban J connectivity index is 2.40. The van der Waals surface area contributed by atoms with Gasteiger partial charge < -0.3 is 9.47 Å². The quantitative estimate of drug-likeness (QED) is 0.722. The van der Waals surface area contributed by atoms with Crippen LogP contribution in [-0.2, 0) is 5.54 Å². The zero-order chi connectivity index (χ0) is 13.8. The maximum atomic E-state index is 12.5. The smallest absolute Gasteiger partial charge is 0.271 e. The van der Waals surface area contributed by atoms with E-state index < -0.39 is 0 Å². The zero-order valence-corrected chi connectivity index (χ0v) is 11.9. The van der Waals surface area contributed by atoms with Gasteiger partial charge in [-0.05, 0) is 38.1 Å². The largest absolute Gasteiger partial charge is 0.331 e. The molecule has 0 saturated carbocycles. The van der Waals surface area contributed by atoms with E-state index in [-0.39, 0.29) is 11.4 Å². The molecule has 4 heteroatoms. The number of halogens is 1. The molecule has 0 fully saturated rings. The summed E-state index contributed by atoms with van der Waals surface area (Å²) in [5, 5.41) is 0.672. The highest BCUT2D eigenvalue weighted by atomic mass is 35.5. The first-order valence-corrected chi connectivity index (χ1v) is 6.56. The molecule has 1 aromatic heterocycles. The van der Waals surface area contributed by atoms with E-state index in [4.69, 9.17) is 11.6 Å². The highest BCUT2D eigenvalue weighted by Crippen LogP contribution is 2.37. The number of benzene rings is 1. The molecule has 0 radical (unpaired) electrons. The minimum absolute atomic E-state index is 0.0160. The van der Waals surface area contributed by atoms with Crippen LogP contribution in [0.25, 0.3) is 5.69 Å². The predicted molar refractivity (Wildman–Crippen MR) is 75.9 cm³/mol. The molecule has 0 atom stereocenters. The molecule has 0 aliphatic carbocycles. The maximum absolute atomic E-state index is 12.5. The monoisotopic (exact) mass is 274 g/mol. The van der Waals surface area contributed by atoms with Gasteiger partial charge in [0.1, 0.15) is 5.69 Å². The van der Waals surface area contributed by atoms with Crippen molar-refractivity contribution >= 4 is 17.5 Å². The van der Waals surface area contributed by atoms with Crippen molar-refractivity contribution in [2.45, 2.75) is 19.4 Å². The van der Waals surface area contributed by atoms with E-state index in [9.17, 15) is 4.79 Å². The maximum Gasteiger partial charge on any atom is 0.271 e. The van der Waals surface area contributed by atoms with Gasteiger partial charge in [0, 0.05) is 23.8 Å². The van der Waals surface area contributed by atoms with Gasteiger partial charge in [-0.1, -0.05) is 17.7 Å². The van der Waals surface area contributed by atoms with Gasteiger partial charge in [0.2, 0.25) is 0 Å². The average Bonchev–Trinajstić information content (AvgIpc) is 2.83. The summed E-state index contributed by atoms with van der Waals surface area (Å²) in [6, 6.07) is 9.50. The summed E-state index contributed by atoms with van der Waals surface area (Å²) >= 11 is 6.12. The Bertz CT molecular complexity index is 673. The average molecular weight is 275 g/mol. The van der Waals surface area contributed by atoms with Gasteiger partial charge in [0.05, 0.1) is 11.2 Å². The molecule has 1 aromatic carbocycles. The predicted octanol–water partition coefficient (Wildman–Crippen LogP) is 3.45. The number of nitrogens with zero attached hydrogens (tertiary/aromatic N) is 2. The second-order valence-corrected chi connectivity index (χ2v) is 5.78. The highest BCUT2D eigenvalue weighted by Gasteiger charge is 2.36. The normalized spacial score (nSPS) is 16.8. The second kappa shape index (κ2) is 3.87. The molecular formula is C15H15ClN2O. The Labute approximate surface area is 117 Å². The lowest BCUT2D eigenvalue weighted by molar-refractivity contribution is 0.0625. The van der Waals surface area contributed by atoms with Crippen molar-refractivity contribution in [1.29, 1.82) is 0 Å². The number of carbonyl (C=O) groups excluding carboxylic acids is 1. The summed E-state index contributed by atoms with van der Waals surface area (Å²) in [5.41, 5.74) is 2.34. The molecule has 2 aromatic rings. The van der Waals surface area contributed by atoms with Crippen LogP contribution in [0.15, 0.2) is 36.5 Å². The van der Waals surface area contributed by atoms with Gasteiger partial charge in [0.25, 0.3) is 5.91 Å². The van der Waals surface area contributed by atoms with Gasteiger partial charge in [-0.2, -0.15) is 0 Å². The molecule has 0 saturated heterocycles. The minimum atomic E-state index is -0.379. The van der Waals surface area contributed by atoms with Gasteiger partial charge in [-0.3, -0.25) is 4.79 Å². The molecule has 1 aliphatic rings. The van der Waals surface area contributed by atoms with E-state index in [0.29, 0.717) is 10.7 Å². The van der Waals surface area contributed by atoms with E-state index in [0.717, 1.165) is 11.3 Å². The summed E-state index contributed by atoms with van der Waals surface area (Å²) in [6.45, 7) is 4.09. The third-order valence-electron chi connectivity index (χ3n) is 3.99. The van der Waals surface area contributed by atoms with E-state index in [1.165, 1.54) is 0 Å². The fraction of sp³-hybridized carbons (Fsp3) is 0.267. The Morgan fingerprint density at radius 1 is 1.21 bits per heavy atom. The van der Waals surface area contributed by atoms with Crippen LogP contribution in [0, 0.1) is 0 Å². The molecule has 0 bridgehead atoms. The fourth-order valence-electron chi connectivity index (χ4n) is 2.59. The van der Waals surface area contributed by atoms with Crippen molar-refractivity contribution < 1.29 is 4.79 Å². The topological polar surface area (TPSA) is 25.2 Å². The van der Waals surface area contributed by atoms with E-state index >= 15 is 0 Å². The van der Waals surface area contributed by atoms with Crippen molar-refractivity contribution in [3.8, 4) is 5.69 Å². The number of hydrogen-bond donors (Lipinski definition) is 0. The third kappa shape index (κ3) is 1.61. The van der Waals surface area contributed by atoms with Crippen LogP contribution in [0.1, 0.15) is 29.9 Å². The molecule has 3 rings (SSSR count). The van der Waals surface area contributed by atoms with Crippen LogP contribution in [0.5, 0.6) is 0 Å². The molecule has 2 heterocycles. The first-order valence-electron chi connectivity index (χ1n) is 6.19. The van der Waals surface area contributed by atoms with Crippen LogP contribution in [0.4, 0.5) is 0 Å². The Morgan fingerprint density at radius 3 is 2.68 bits per heavy atom. The Kier molecular flexibility index (Phi) is 2.51. The molecule has 0 unspecified atom stereocenters. The summed E-state index contributed by atoms with van der Waals surface area (Å²) in [6.07, 6.45) is 1.90. The lowest BCUT2D eigenvalue weighted by Crippen LogP contribution is -2.41. The van der Waals surface area contributed by atoms with Crippen molar-refractivity contribution in [3.05, 3.63) is 52.8 Å². The summed E-state index contributed by atoms with van der Waals surface area (Å²) < 4.78 is 1.91. The standard InChI is InChI=1S/C15H15ClN2O/c1-15(2)11-7-6-10(16)9-13(11)18-8-4-5-12(18)14(19)17(15)3/h4-9H,1-3H3. The van der Waals surface area contributed by atoms with Crippen LogP contribution < -0.4 is 0 Å². The van der Waals surface area contributed by atoms with Crippen molar-refractivity contribution in [2.75, 3.05) is 7.05 Å². The van der Waals surface area contributed by atoms with Gasteiger partial charge in [0.15, 0.2) is 0 Å². The summed E-state index contributed by atoms with van der Waals surface area (Å²) in [5.74, 6) is 0.0160. The van der Waals surface area contributed by atoms with Crippen LogP contribution in [-0.4, -0.2) is 22.4 Å². The summed E-state index contributed by atoms with van der Waals surface area (Å²) in [7, 11) is 1.84. The SMILES string of the molecule is CN1C(=O)c2cccn2-c2cc(Cl)ccc2C1(C)C. The fourth-order valence-corrected chi connectivity index (χ4v) is 2.76. The number of amides is 1. The molecule has 0 spiro atoms. The van der Waals surface area contributed by atoms with E-state index in [2.05, 4.69) is 0 Å². The van der Waals surface area contributed by atoms with Crippen LogP contribution in [0.3, 0.4) is 0 Å². The molecule has 0 N–H and O–H groups in total. The van der Waals surface area contributed by atoms with E-state index in [1.807, 2.05) is 62.0 Å². The number of hydrogen-bond acceptors (Lipinski definition) is 1. The van der Waals surface area contributed by atoms with Crippen molar-refractivity contribution in [3.63, 3.8) is 0 Å². The first kappa shape index (κ1) is 12.3. The molecule has 1 amide bonds. The zero-order valence-electron chi connectivity index (χ0n) is 11.1. The molecule has 3 nitrogen and oxygen atoms in total. The number of carbonyl (C=O) groups is 1. The lowest BCUT2D eigenvalue weighted by atomic mass is 9.91. The molecule has 1 aliphatic heterocycles. The van der Waals surface area contributed by atoms with Gasteiger partial charge >= 0.3 is 0 Å². The van der Waals surface area contributed by atoms with Gasteiger partial charge in [-0.15, -0.1) is 0 Å². The van der Waals surface area contributed by atoms with Crippen LogP contribution >= 0.6 is 11.6 Å². The Morgan fingerprint density at radius 2 is 1.95 bits per heavy atom. The number of rotatable bonds is 0. The van der Waals surface area contributed by atoms with Crippen molar-refractivity contribution in [2.24, 2.45) is 0 Å². The molecular weight excluding hydrogens is 260 g/mol. The minimum Gasteiger partial charge on any atom is -0.331 e. The summed E-state index contributed by atoms with van der Waals surface area (Å²) in [4.78, 5) is 14.3. The van der Waals surface area contributed by atoms with E-state index in [1.54, 1.807) is 4.90 Å². The first-order chi connectivity index (χ1) is 8.93. The third-order valence-corrected chi connectivity index (χ3v) is 4.22. The van der Waals surface area contributed by atoms with Gasteiger partial charge in [-0.25, -0.2) is 0 Å². The number of fused-ring (bicyclic) bond motifs is 3. The Hall–Kier alpha value is -1.74. The lowest BCUT2D eigenvalue weighted by Gasteiger charge is -2.35. The second-order valence-electron chi connectivity index (χ2n) is 5.35. The number of aromatic nitrogens is 1.